The second-order valence-corrected chi connectivity index (χ2v) is 3.68. The van der Waals surface area contributed by atoms with Crippen LogP contribution in [-0.2, 0) is 0 Å². The van der Waals surface area contributed by atoms with Crippen LogP contribution in [0.1, 0.15) is 20.3 Å². The minimum atomic E-state index is -4.18. The predicted octanol–water partition coefficient (Wildman–Crippen LogP) is 2.66. The molecular weight excluding hydrogens is 233 g/mol. The van der Waals surface area contributed by atoms with Crippen molar-refractivity contribution < 1.29 is 13.2 Å². The zero-order valence-corrected chi connectivity index (χ0v) is 9.67. The minimum absolute atomic E-state index is 0.382. The van der Waals surface area contributed by atoms with Crippen molar-refractivity contribution in [1.82, 2.24) is 9.97 Å². The second-order valence-electron chi connectivity index (χ2n) is 3.68. The Morgan fingerprint density at radius 3 is 2.53 bits per heavy atom. The number of alkyl halides is 3. The van der Waals surface area contributed by atoms with Gasteiger partial charge in [0, 0.05) is 18.7 Å². The Bertz CT molecular complexity index is 354. The van der Waals surface area contributed by atoms with E-state index < -0.39 is 18.6 Å². The summed E-state index contributed by atoms with van der Waals surface area (Å²) >= 11 is 0. The summed E-state index contributed by atoms with van der Waals surface area (Å²) in [5, 5.41) is 5.64. The van der Waals surface area contributed by atoms with Crippen LogP contribution < -0.4 is 10.6 Å². The average Bonchev–Trinajstić information content (AvgIpc) is 2.15. The van der Waals surface area contributed by atoms with E-state index in [4.69, 9.17) is 0 Å². The lowest BCUT2D eigenvalue weighted by atomic mass is 10.2. The van der Waals surface area contributed by atoms with Gasteiger partial charge in [-0.15, -0.1) is 0 Å². The number of hydrogen-bond acceptors (Lipinski definition) is 4. The maximum absolute atomic E-state index is 12.1. The second kappa shape index (κ2) is 5.70. The van der Waals surface area contributed by atoms with E-state index in [1.54, 1.807) is 6.07 Å². The molecule has 0 radical (unpaired) electrons. The molecule has 0 spiro atoms. The van der Waals surface area contributed by atoms with Crippen LogP contribution in [0, 0.1) is 0 Å². The zero-order valence-electron chi connectivity index (χ0n) is 9.67. The summed E-state index contributed by atoms with van der Waals surface area (Å²) in [5.41, 5.74) is 0. The summed E-state index contributed by atoms with van der Waals surface area (Å²) in [6.45, 7) is 4.05. The van der Waals surface area contributed by atoms with Gasteiger partial charge >= 0.3 is 6.18 Å². The number of aromatic nitrogens is 2. The Labute approximate surface area is 97.7 Å². The Balaban J connectivity index is 2.58. The van der Waals surface area contributed by atoms with E-state index in [9.17, 15) is 13.2 Å². The van der Waals surface area contributed by atoms with Gasteiger partial charge in [-0.25, -0.2) is 9.97 Å². The molecule has 1 rings (SSSR count). The summed E-state index contributed by atoms with van der Waals surface area (Å²) in [6, 6.07) is 0.857. The van der Waals surface area contributed by atoms with Crippen molar-refractivity contribution in [1.29, 1.82) is 0 Å². The van der Waals surface area contributed by atoms with Gasteiger partial charge < -0.3 is 10.6 Å². The average molecular weight is 248 g/mol. The molecule has 17 heavy (non-hydrogen) atoms. The van der Waals surface area contributed by atoms with E-state index in [0.29, 0.717) is 18.2 Å². The van der Waals surface area contributed by atoms with Gasteiger partial charge in [0.2, 0.25) is 0 Å². The van der Waals surface area contributed by atoms with Crippen molar-refractivity contribution in [2.75, 3.05) is 17.2 Å². The first-order chi connectivity index (χ1) is 7.90. The molecule has 0 fully saturated rings. The number of nitrogens with zero attached hydrogens (tertiary/aromatic N) is 2. The molecule has 1 aromatic heterocycles. The SMILES string of the molecule is CCNc1cc(NC(C)CC(F)(F)F)ncn1. The maximum atomic E-state index is 12.1. The van der Waals surface area contributed by atoms with Gasteiger partial charge in [0.25, 0.3) is 0 Å². The molecule has 0 bridgehead atoms. The highest BCUT2D eigenvalue weighted by Crippen LogP contribution is 2.23. The number of nitrogens with one attached hydrogen (secondary N) is 2. The summed E-state index contributed by atoms with van der Waals surface area (Å²) in [4.78, 5) is 7.79. The Kier molecular flexibility index (Phi) is 4.53. The third-order valence-corrected chi connectivity index (χ3v) is 1.96. The Hall–Kier alpha value is -1.53. The molecule has 0 aromatic carbocycles. The summed E-state index contributed by atoms with van der Waals surface area (Å²) < 4.78 is 36.4. The highest BCUT2D eigenvalue weighted by molar-refractivity contribution is 5.46. The molecule has 1 heterocycles. The number of anilines is 2. The molecule has 0 saturated carbocycles. The van der Waals surface area contributed by atoms with Crippen LogP contribution in [0.15, 0.2) is 12.4 Å². The van der Waals surface area contributed by atoms with Gasteiger partial charge in [-0.1, -0.05) is 0 Å². The fourth-order valence-electron chi connectivity index (χ4n) is 1.36. The number of rotatable bonds is 5. The van der Waals surface area contributed by atoms with E-state index in [-0.39, 0.29) is 0 Å². The standard InChI is InChI=1S/C10H15F3N4/c1-3-14-8-4-9(16-6-15-8)17-7(2)5-10(11,12)13/h4,6-7H,3,5H2,1-2H3,(H2,14,15,16,17). The highest BCUT2D eigenvalue weighted by atomic mass is 19.4. The molecule has 0 aliphatic heterocycles. The summed E-state index contributed by atoms with van der Waals surface area (Å²) in [6.07, 6.45) is -3.77. The van der Waals surface area contributed by atoms with Crippen LogP contribution in [0.5, 0.6) is 0 Å². The van der Waals surface area contributed by atoms with Gasteiger partial charge in [-0.3, -0.25) is 0 Å². The first-order valence-electron chi connectivity index (χ1n) is 5.30. The van der Waals surface area contributed by atoms with Crippen molar-refractivity contribution in [3.05, 3.63) is 12.4 Å². The van der Waals surface area contributed by atoms with Crippen molar-refractivity contribution in [2.24, 2.45) is 0 Å². The van der Waals surface area contributed by atoms with Crippen LogP contribution in [-0.4, -0.2) is 28.7 Å². The van der Waals surface area contributed by atoms with Gasteiger partial charge in [0.05, 0.1) is 6.42 Å². The van der Waals surface area contributed by atoms with Crippen LogP contribution in [0.4, 0.5) is 24.8 Å². The van der Waals surface area contributed by atoms with Crippen molar-refractivity contribution in [3.63, 3.8) is 0 Å². The van der Waals surface area contributed by atoms with Gasteiger partial charge in [-0.2, -0.15) is 13.2 Å². The molecule has 1 atom stereocenters. The Morgan fingerprint density at radius 1 is 1.29 bits per heavy atom. The van der Waals surface area contributed by atoms with E-state index in [1.165, 1.54) is 13.3 Å². The lowest BCUT2D eigenvalue weighted by molar-refractivity contribution is -0.136. The zero-order chi connectivity index (χ0) is 12.9. The van der Waals surface area contributed by atoms with E-state index in [2.05, 4.69) is 20.6 Å². The minimum Gasteiger partial charge on any atom is -0.370 e. The predicted molar refractivity (Wildman–Crippen MR) is 60.0 cm³/mol. The number of halogens is 3. The molecule has 1 unspecified atom stereocenters. The van der Waals surface area contributed by atoms with E-state index in [0.717, 1.165) is 0 Å². The lowest BCUT2D eigenvalue weighted by Gasteiger charge is -2.16. The quantitative estimate of drug-likeness (QED) is 0.841. The molecule has 0 amide bonds. The van der Waals surface area contributed by atoms with Gasteiger partial charge in [0.1, 0.15) is 18.0 Å². The number of hydrogen-bond donors (Lipinski definition) is 2. The topological polar surface area (TPSA) is 49.8 Å². The monoisotopic (exact) mass is 248 g/mol. The summed E-state index contributed by atoms with van der Waals surface area (Å²) in [7, 11) is 0. The molecule has 7 heteroatoms. The lowest BCUT2D eigenvalue weighted by Crippen LogP contribution is -2.24. The molecule has 2 N–H and O–H groups in total. The molecule has 0 saturated heterocycles. The smallest absolute Gasteiger partial charge is 0.370 e. The molecule has 0 aliphatic carbocycles. The Morgan fingerprint density at radius 2 is 1.94 bits per heavy atom. The van der Waals surface area contributed by atoms with Gasteiger partial charge in [0.15, 0.2) is 0 Å². The van der Waals surface area contributed by atoms with Crippen LogP contribution >= 0.6 is 0 Å². The van der Waals surface area contributed by atoms with Crippen LogP contribution in [0.25, 0.3) is 0 Å². The van der Waals surface area contributed by atoms with Crippen molar-refractivity contribution in [2.45, 2.75) is 32.5 Å². The molecule has 0 aliphatic rings. The molecule has 96 valence electrons. The normalized spacial score (nSPS) is 13.2. The molecule has 4 nitrogen and oxygen atoms in total. The fourth-order valence-corrected chi connectivity index (χ4v) is 1.36. The largest absolute Gasteiger partial charge is 0.391 e. The first-order valence-corrected chi connectivity index (χ1v) is 5.30. The maximum Gasteiger partial charge on any atom is 0.391 e. The van der Waals surface area contributed by atoms with E-state index >= 15 is 0 Å². The third-order valence-electron chi connectivity index (χ3n) is 1.96. The molecule has 1 aromatic rings. The molecular formula is C10H15F3N4. The van der Waals surface area contributed by atoms with Gasteiger partial charge in [-0.05, 0) is 13.8 Å². The van der Waals surface area contributed by atoms with E-state index in [1.807, 2.05) is 6.92 Å². The first kappa shape index (κ1) is 13.5. The highest BCUT2D eigenvalue weighted by Gasteiger charge is 2.30. The summed E-state index contributed by atoms with van der Waals surface area (Å²) in [5.74, 6) is 0.969. The van der Waals surface area contributed by atoms with Crippen molar-refractivity contribution >= 4 is 11.6 Å². The fraction of sp³-hybridized carbons (Fsp3) is 0.600. The third kappa shape index (κ3) is 5.37. The van der Waals surface area contributed by atoms with Crippen LogP contribution in [0.2, 0.25) is 0 Å². The van der Waals surface area contributed by atoms with Crippen LogP contribution in [0.3, 0.4) is 0 Å². The van der Waals surface area contributed by atoms with Crippen molar-refractivity contribution in [3.8, 4) is 0 Å².